The summed E-state index contributed by atoms with van der Waals surface area (Å²) < 4.78 is 0. The summed E-state index contributed by atoms with van der Waals surface area (Å²) >= 11 is 0. The Morgan fingerprint density at radius 2 is 2.00 bits per heavy atom. The molecule has 1 heterocycles. The molecule has 2 rings (SSSR count). The van der Waals surface area contributed by atoms with Gasteiger partial charge in [-0.15, -0.1) is 0 Å². The zero-order valence-corrected chi connectivity index (χ0v) is 9.62. The maximum absolute atomic E-state index is 10.6. The highest BCUT2D eigenvalue weighted by molar-refractivity contribution is 5.58. The van der Waals surface area contributed by atoms with Crippen LogP contribution < -0.4 is 11.1 Å². The molecule has 0 aliphatic carbocycles. The van der Waals surface area contributed by atoms with Gasteiger partial charge in [0.25, 0.3) is 0 Å². The van der Waals surface area contributed by atoms with Crippen molar-refractivity contribution in [2.24, 2.45) is 0 Å². The molecule has 2 aromatic rings. The molecule has 7 heteroatoms. The summed E-state index contributed by atoms with van der Waals surface area (Å²) in [6, 6.07) is 7.57. The first-order chi connectivity index (χ1) is 8.56. The van der Waals surface area contributed by atoms with Gasteiger partial charge in [-0.2, -0.15) is 4.98 Å². The van der Waals surface area contributed by atoms with Crippen LogP contribution in [0.3, 0.4) is 0 Å². The molecule has 0 amide bonds. The first kappa shape index (κ1) is 11.8. The first-order valence-corrected chi connectivity index (χ1v) is 5.17. The second-order valence-corrected chi connectivity index (χ2v) is 3.71. The Balaban J connectivity index is 2.22. The average Bonchev–Trinajstić information content (AvgIpc) is 2.32. The van der Waals surface area contributed by atoms with Gasteiger partial charge in [-0.25, -0.2) is 4.98 Å². The predicted octanol–water partition coefficient (Wildman–Crippen LogP) is 2.02. The third kappa shape index (κ3) is 2.51. The molecular formula is C11H11N5O2. The van der Waals surface area contributed by atoms with Crippen LogP contribution in [0.15, 0.2) is 30.5 Å². The number of nitrogens with two attached hydrogens (primary N) is 1. The fourth-order valence-corrected chi connectivity index (χ4v) is 1.36. The fourth-order valence-electron chi connectivity index (χ4n) is 1.36. The van der Waals surface area contributed by atoms with Crippen LogP contribution in [0.1, 0.15) is 5.56 Å². The smallest absolute Gasteiger partial charge is 0.329 e. The van der Waals surface area contributed by atoms with E-state index in [1.165, 1.54) is 0 Å². The number of benzene rings is 1. The van der Waals surface area contributed by atoms with Crippen LogP contribution in [0.2, 0.25) is 0 Å². The molecule has 0 unspecified atom stereocenters. The minimum Gasteiger partial charge on any atom is -0.378 e. The van der Waals surface area contributed by atoms with E-state index in [4.69, 9.17) is 5.73 Å². The minimum atomic E-state index is -0.620. The summed E-state index contributed by atoms with van der Waals surface area (Å²) in [5, 5.41) is 13.5. The van der Waals surface area contributed by atoms with E-state index < -0.39 is 4.92 Å². The Bertz CT molecular complexity index is 582. The lowest BCUT2D eigenvalue weighted by molar-refractivity contribution is -0.384. The molecule has 0 atom stereocenters. The summed E-state index contributed by atoms with van der Waals surface area (Å²) in [4.78, 5) is 17.6. The Labute approximate surface area is 103 Å². The number of aromatic nitrogens is 2. The Hall–Kier alpha value is -2.70. The lowest BCUT2D eigenvalue weighted by Crippen LogP contribution is -2.03. The normalized spacial score (nSPS) is 10.1. The van der Waals surface area contributed by atoms with Crippen LogP contribution in [-0.2, 0) is 0 Å². The predicted molar refractivity (Wildman–Crippen MR) is 67.6 cm³/mol. The summed E-state index contributed by atoms with van der Waals surface area (Å²) in [6.45, 7) is 1.98. The van der Waals surface area contributed by atoms with E-state index in [0.717, 1.165) is 17.4 Å². The summed E-state index contributed by atoms with van der Waals surface area (Å²) in [6.07, 6.45) is 1.08. The van der Waals surface area contributed by atoms with Crippen LogP contribution in [0.5, 0.6) is 0 Å². The quantitative estimate of drug-likeness (QED) is 0.632. The van der Waals surface area contributed by atoms with Crippen molar-refractivity contribution in [2.75, 3.05) is 11.1 Å². The van der Waals surface area contributed by atoms with E-state index in [9.17, 15) is 10.1 Å². The Kier molecular flexibility index (Phi) is 3.05. The van der Waals surface area contributed by atoms with Crippen LogP contribution in [0, 0.1) is 17.0 Å². The molecule has 92 valence electrons. The molecule has 0 saturated carbocycles. The first-order valence-electron chi connectivity index (χ1n) is 5.17. The zero-order chi connectivity index (χ0) is 13.1. The van der Waals surface area contributed by atoms with Gasteiger partial charge in [0.05, 0.1) is 4.92 Å². The molecule has 18 heavy (non-hydrogen) atoms. The second-order valence-electron chi connectivity index (χ2n) is 3.71. The Morgan fingerprint density at radius 1 is 1.33 bits per heavy atom. The third-order valence-electron chi connectivity index (χ3n) is 2.30. The molecule has 1 aromatic heterocycles. The zero-order valence-electron chi connectivity index (χ0n) is 9.62. The highest BCUT2D eigenvalue weighted by Gasteiger charge is 2.13. The van der Waals surface area contributed by atoms with E-state index in [0.29, 0.717) is 0 Å². The van der Waals surface area contributed by atoms with Crippen LogP contribution in [0.25, 0.3) is 0 Å². The molecule has 0 saturated heterocycles. The fraction of sp³-hybridized carbons (Fsp3) is 0.0909. The molecule has 0 radical (unpaired) electrons. The number of nitrogens with zero attached hydrogens (tertiary/aromatic N) is 3. The molecule has 0 spiro atoms. The lowest BCUT2D eigenvalue weighted by atomic mass is 10.2. The maximum atomic E-state index is 10.6. The number of aryl methyl sites for hydroxylation is 1. The molecule has 1 aromatic carbocycles. The highest BCUT2D eigenvalue weighted by Crippen LogP contribution is 2.20. The van der Waals surface area contributed by atoms with Gasteiger partial charge >= 0.3 is 5.69 Å². The summed E-state index contributed by atoms with van der Waals surface area (Å²) in [5.41, 5.74) is 7.08. The second kappa shape index (κ2) is 4.66. The standard InChI is InChI=1S/C11H11N5O2/c1-7-2-4-8(5-3-7)14-11-13-6-9(16(17)18)10(12)15-11/h2-6H,1H3,(H3,12,13,14,15). The van der Waals surface area contributed by atoms with Crippen molar-refractivity contribution in [3.63, 3.8) is 0 Å². The van der Waals surface area contributed by atoms with Crippen molar-refractivity contribution in [1.82, 2.24) is 9.97 Å². The number of nitrogen functional groups attached to an aromatic ring is 1. The van der Waals surface area contributed by atoms with Gasteiger partial charge < -0.3 is 11.1 Å². The number of hydrogen-bond acceptors (Lipinski definition) is 6. The van der Waals surface area contributed by atoms with Gasteiger partial charge in [0.2, 0.25) is 11.8 Å². The van der Waals surface area contributed by atoms with Gasteiger partial charge in [-0.1, -0.05) is 17.7 Å². The summed E-state index contributed by atoms with van der Waals surface area (Å²) in [5.74, 6) is 0.0616. The maximum Gasteiger partial charge on any atom is 0.329 e. The highest BCUT2D eigenvalue weighted by atomic mass is 16.6. The van der Waals surface area contributed by atoms with Gasteiger partial charge in [0.15, 0.2) is 0 Å². The molecule has 0 aliphatic heterocycles. The van der Waals surface area contributed by atoms with Gasteiger partial charge in [0.1, 0.15) is 6.20 Å². The third-order valence-corrected chi connectivity index (χ3v) is 2.30. The topological polar surface area (TPSA) is 107 Å². The van der Waals surface area contributed by atoms with Crippen molar-refractivity contribution >= 4 is 23.1 Å². The molecule has 7 nitrogen and oxygen atoms in total. The van der Waals surface area contributed by atoms with Crippen molar-refractivity contribution < 1.29 is 4.92 Å². The summed E-state index contributed by atoms with van der Waals surface area (Å²) in [7, 11) is 0. The van der Waals surface area contributed by atoms with E-state index >= 15 is 0 Å². The van der Waals surface area contributed by atoms with Crippen molar-refractivity contribution in [3.8, 4) is 0 Å². The SMILES string of the molecule is Cc1ccc(Nc2ncc([N+](=O)[O-])c(N)n2)cc1. The monoisotopic (exact) mass is 245 g/mol. The number of hydrogen-bond donors (Lipinski definition) is 2. The minimum absolute atomic E-state index is 0.162. The molecule has 0 aliphatic rings. The molecular weight excluding hydrogens is 234 g/mol. The van der Waals surface area contributed by atoms with Gasteiger partial charge in [0, 0.05) is 5.69 Å². The largest absolute Gasteiger partial charge is 0.378 e. The van der Waals surface area contributed by atoms with E-state index in [-0.39, 0.29) is 17.5 Å². The Morgan fingerprint density at radius 3 is 2.56 bits per heavy atom. The van der Waals surface area contributed by atoms with Crippen LogP contribution in [0.4, 0.5) is 23.1 Å². The van der Waals surface area contributed by atoms with E-state index in [1.54, 1.807) is 0 Å². The van der Waals surface area contributed by atoms with Crippen LogP contribution in [-0.4, -0.2) is 14.9 Å². The number of nitro groups is 1. The van der Waals surface area contributed by atoms with Crippen LogP contribution >= 0.6 is 0 Å². The number of rotatable bonds is 3. The molecule has 0 fully saturated rings. The van der Waals surface area contributed by atoms with Crippen molar-refractivity contribution in [2.45, 2.75) is 6.92 Å². The molecule has 3 N–H and O–H groups in total. The van der Waals surface area contributed by atoms with Gasteiger partial charge in [-0.05, 0) is 19.1 Å². The van der Waals surface area contributed by atoms with E-state index in [2.05, 4.69) is 15.3 Å². The number of anilines is 3. The van der Waals surface area contributed by atoms with Gasteiger partial charge in [-0.3, -0.25) is 10.1 Å². The van der Waals surface area contributed by atoms with Crippen molar-refractivity contribution in [1.29, 1.82) is 0 Å². The molecule has 0 bridgehead atoms. The van der Waals surface area contributed by atoms with Crippen molar-refractivity contribution in [3.05, 3.63) is 46.1 Å². The average molecular weight is 245 g/mol. The van der Waals surface area contributed by atoms with E-state index in [1.807, 2.05) is 31.2 Å². The number of nitrogens with one attached hydrogen (secondary N) is 1. The lowest BCUT2D eigenvalue weighted by Gasteiger charge is -2.05.